The van der Waals surface area contributed by atoms with E-state index in [1.54, 1.807) is 38.3 Å². The van der Waals surface area contributed by atoms with E-state index in [1.807, 2.05) is 6.92 Å². The number of amides is 1. The highest BCUT2D eigenvalue weighted by Crippen LogP contribution is 2.27. The lowest BCUT2D eigenvalue weighted by Crippen LogP contribution is -2.13. The molecule has 1 amide bonds. The number of pyridine rings is 1. The number of aromatic nitrogens is 6. The first-order valence-electron chi connectivity index (χ1n) is 8.59. The molecule has 0 aliphatic rings. The van der Waals surface area contributed by atoms with Gasteiger partial charge in [-0.25, -0.2) is 4.98 Å². The molecule has 28 heavy (non-hydrogen) atoms. The van der Waals surface area contributed by atoms with Crippen molar-refractivity contribution in [3.05, 3.63) is 47.5 Å². The summed E-state index contributed by atoms with van der Waals surface area (Å²) in [4.78, 5) is 16.9. The lowest BCUT2D eigenvalue weighted by Gasteiger charge is -2.12. The number of anilines is 1. The molecule has 4 aromatic rings. The van der Waals surface area contributed by atoms with Crippen molar-refractivity contribution >= 4 is 22.7 Å². The second-order valence-corrected chi connectivity index (χ2v) is 6.04. The van der Waals surface area contributed by atoms with E-state index < -0.39 is 0 Å². The second kappa shape index (κ2) is 7.06. The molecule has 0 saturated heterocycles. The van der Waals surface area contributed by atoms with E-state index in [1.165, 1.54) is 10.9 Å². The van der Waals surface area contributed by atoms with E-state index in [9.17, 15) is 4.79 Å². The van der Waals surface area contributed by atoms with E-state index in [0.717, 1.165) is 11.1 Å². The highest BCUT2D eigenvalue weighted by atomic mass is 16.5. The van der Waals surface area contributed by atoms with Crippen molar-refractivity contribution in [2.75, 3.05) is 12.4 Å². The van der Waals surface area contributed by atoms with Crippen LogP contribution in [0.25, 0.3) is 16.8 Å². The molecule has 3 heterocycles. The number of nitrogens with one attached hydrogen (secondary N) is 1. The Bertz CT molecular complexity index is 1170. The maximum atomic E-state index is 12.7. The van der Waals surface area contributed by atoms with Gasteiger partial charge in [-0.3, -0.25) is 4.79 Å². The van der Waals surface area contributed by atoms with Crippen LogP contribution in [-0.4, -0.2) is 43.4 Å². The fraction of sp³-hybridized carbons (Fsp3) is 0.222. The summed E-state index contributed by atoms with van der Waals surface area (Å²) in [5.41, 5.74) is 2.76. The molecule has 0 saturated carbocycles. The van der Waals surface area contributed by atoms with Gasteiger partial charge in [0.05, 0.1) is 23.8 Å². The molecular weight excluding hydrogens is 362 g/mol. The third-order valence-electron chi connectivity index (χ3n) is 4.29. The summed E-state index contributed by atoms with van der Waals surface area (Å²) < 4.78 is 12.1. The number of carbonyl (C=O) groups is 1. The molecule has 10 heteroatoms. The van der Waals surface area contributed by atoms with Crippen LogP contribution < -0.4 is 10.1 Å². The largest absolute Gasteiger partial charge is 0.494 e. The van der Waals surface area contributed by atoms with Crippen molar-refractivity contribution in [1.82, 2.24) is 30.3 Å². The molecule has 10 nitrogen and oxygen atoms in total. The fourth-order valence-corrected chi connectivity index (χ4v) is 2.85. The standard InChI is InChI=1S/C18H17N7O3/c1-4-14-13-7-11(9-19-18(13)28-22-14)17(26)20-12-5-6-16(27-3)15(8-12)25-10(2)21-23-24-25/h5-9H,4H2,1-3H3,(H,20,26). The number of hydrogen-bond acceptors (Lipinski definition) is 8. The maximum Gasteiger partial charge on any atom is 0.257 e. The van der Waals surface area contributed by atoms with Gasteiger partial charge < -0.3 is 14.6 Å². The number of rotatable bonds is 5. The Hall–Kier alpha value is -3.82. The summed E-state index contributed by atoms with van der Waals surface area (Å²) in [6.07, 6.45) is 2.14. The van der Waals surface area contributed by atoms with E-state index in [4.69, 9.17) is 9.26 Å². The van der Waals surface area contributed by atoms with Gasteiger partial charge in [0.25, 0.3) is 11.6 Å². The predicted molar refractivity (Wildman–Crippen MR) is 99.6 cm³/mol. The Morgan fingerprint density at radius 2 is 2.18 bits per heavy atom. The van der Waals surface area contributed by atoms with Crippen molar-refractivity contribution < 1.29 is 14.1 Å². The third-order valence-corrected chi connectivity index (χ3v) is 4.29. The van der Waals surface area contributed by atoms with Crippen molar-refractivity contribution in [1.29, 1.82) is 0 Å². The molecule has 0 radical (unpaired) electrons. The smallest absolute Gasteiger partial charge is 0.257 e. The van der Waals surface area contributed by atoms with Crippen LogP contribution in [0.15, 0.2) is 35.0 Å². The highest BCUT2D eigenvalue weighted by Gasteiger charge is 2.15. The van der Waals surface area contributed by atoms with Gasteiger partial charge in [0.2, 0.25) is 0 Å². The number of hydrogen-bond donors (Lipinski definition) is 1. The topological polar surface area (TPSA) is 121 Å². The third kappa shape index (κ3) is 3.04. The molecule has 1 N–H and O–H groups in total. The van der Waals surface area contributed by atoms with Gasteiger partial charge in [-0.2, -0.15) is 4.68 Å². The average Bonchev–Trinajstić information content (AvgIpc) is 3.32. The minimum Gasteiger partial charge on any atom is -0.494 e. The summed E-state index contributed by atoms with van der Waals surface area (Å²) in [5.74, 6) is 0.867. The van der Waals surface area contributed by atoms with Crippen molar-refractivity contribution in [2.24, 2.45) is 0 Å². The molecule has 0 fully saturated rings. The molecule has 0 aliphatic heterocycles. The van der Waals surface area contributed by atoms with E-state index in [2.05, 4.69) is 31.0 Å². The average molecular weight is 379 g/mol. The lowest BCUT2D eigenvalue weighted by atomic mass is 10.1. The molecule has 0 aliphatic carbocycles. The van der Waals surface area contributed by atoms with Crippen LogP contribution in [0.5, 0.6) is 5.75 Å². The lowest BCUT2D eigenvalue weighted by molar-refractivity contribution is 0.102. The first-order chi connectivity index (χ1) is 13.6. The quantitative estimate of drug-likeness (QED) is 0.561. The van der Waals surface area contributed by atoms with Gasteiger partial charge in [-0.15, -0.1) is 5.10 Å². The molecule has 3 aromatic heterocycles. The highest BCUT2D eigenvalue weighted by molar-refractivity contribution is 6.05. The van der Waals surface area contributed by atoms with Gasteiger partial charge in [0.1, 0.15) is 11.4 Å². The summed E-state index contributed by atoms with van der Waals surface area (Å²) in [5, 5.41) is 19.0. The molecular formula is C18H17N7O3. The number of ether oxygens (including phenoxy) is 1. The molecule has 0 unspecified atom stereocenters. The normalized spacial score (nSPS) is 11.0. The van der Waals surface area contributed by atoms with Gasteiger partial charge in [0, 0.05) is 11.9 Å². The fourth-order valence-electron chi connectivity index (χ4n) is 2.85. The van der Waals surface area contributed by atoms with Gasteiger partial charge >= 0.3 is 0 Å². The molecule has 4 rings (SSSR count). The van der Waals surface area contributed by atoms with Gasteiger partial charge in [-0.1, -0.05) is 12.1 Å². The first-order valence-corrected chi connectivity index (χ1v) is 8.59. The SMILES string of the molecule is CCc1noc2ncc(C(=O)Nc3ccc(OC)c(-n4nnnc4C)c3)cc12. The monoisotopic (exact) mass is 379 g/mol. The Morgan fingerprint density at radius 1 is 1.32 bits per heavy atom. The zero-order valence-electron chi connectivity index (χ0n) is 15.5. The van der Waals surface area contributed by atoms with E-state index in [-0.39, 0.29) is 5.91 Å². The number of carbonyl (C=O) groups excluding carboxylic acids is 1. The zero-order valence-corrected chi connectivity index (χ0v) is 15.5. The predicted octanol–water partition coefficient (Wildman–Crippen LogP) is 2.33. The molecule has 0 spiro atoms. The van der Waals surface area contributed by atoms with Crippen LogP contribution in [-0.2, 0) is 6.42 Å². The summed E-state index contributed by atoms with van der Waals surface area (Å²) in [6, 6.07) is 6.94. The van der Waals surface area contributed by atoms with Crippen LogP contribution in [0, 0.1) is 6.92 Å². The number of fused-ring (bicyclic) bond motifs is 1. The number of aryl methyl sites for hydroxylation is 2. The Kier molecular flexibility index (Phi) is 4.44. The zero-order chi connectivity index (χ0) is 19.7. The number of tetrazole rings is 1. The molecule has 0 bridgehead atoms. The van der Waals surface area contributed by atoms with E-state index >= 15 is 0 Å². The number of methoxy groups -OCH3 is 1. The van der Waals surface area contributed by atoms with Gasteiger partial charge in [-0.05, 0) is 48.0 Å². The number of benzene rings is 1. The summed E-state index contributed by atoms with van der Waals surface area (Å²) >= 11 is 0. The summed E-state index contributed by atoms with van der Waals surface area (Å²) in [7, 11) is 1.56. The van der Waals surface area contributed by atoms with Crippen LogP contribution in [0.1, 0.15) is 28.8 Å². The minimum atomic E-state index is -0.304. The Balaban J connectivity index is 1.65. The minimum absolute atomic E-state index is 0.304. The van der Waals surface area contributed by atoms with Gasteiger partial charge in [0.15, 0.2) is 5.82 Å². The second-order valence-electron chi connectivity index (χ2n) is 6.04. The molecule has 0 atom stereocenters. The van der Waals surface area contributed by atoms with Crippen molar-refractivity contribution in [3.63, 3.8) is 0 Å². The van der Waals surface area contributed by atoms with E-state index in [0.29, 0.717) is 40.6 Å². The van der Waals surface area contributed by atoms with Crippen LogP contribution >= 0.6 is 0 Å². The van der Waals surface area contributed by atoms with Crippen molar-refractivity contribution in [2.45, 2.75) is 20.3 Å². The summed E-state index contributed by atoms with van der Waals surface area (Å²) in [6.45, 7) is 3.74. The molecule has 142 valence electrons. The Morgan fingerprint density at radius 3 is 2.89 bits per heavy atom. The first kappa shape index (κ1) is 17.6. The van der Waals surface area contributed by atoms with Crippen LogP contribution in [0.3, 0.4) is 0 Å². The molecule has 1 aromatic carbocycles. The van der Waals surface area contributed by atoms with Crippen molar-refractivity contribution in [3.8, 4) is 11.4 Å². The van der Waals surface area contributed by atoms with Crippen LogP contribution in [0.2, 0.25) is 0 Å². The maximum absolute atomic E-state index is 12.7. The number of nitrogens with zero attached hydrogens (tertiary/aromatic N) is 6. The van der Waals surface area contributed by atoms with Crippen LogP contribution in [0.4, 0.5) is 5.69 Å². The Labute approximate surface area is 159 Å².